The zero-order chi connectivity index (χ0) is 13.5. The van der Waals surface area contributed by atoms with Crippen LogP contribution in [0.3, 0.4) is 0 Å². The Morgan fingerprint density at radius 1 is 1.11 bits per heavy atom. The van der Waals surface area contributed by atoms with E-state index < -0.39 is 0 Å². The molecule has 98 valence electrons. The van der Waals surface area contributed by atoms with Crippen molar-refractivity contribution in [2.24, 2.45) is 0 Å². The van der Waals surface area contributed by atoms with Gasteiger partial charge in [-0.25, -0.2) is 0 Å². The molecule has 2 rings (SSSR count). The van der Waals surface area contributed by atoms with Gasteiger partial charge in [-0.05, 0) is 29.8 Å². The lowest BCUT2D eigenvalue weighted by atomic mass is 10.2. The molecule has 0 atom stereocenters. The van der Waals surface area contributed by atoms with Crippen LogP contribution in [0.1, 0.15) is 15.3 Å². The molecule has 0 unspecified atom stereocenters. The molecule has 0 bridgehead atoms. The predicted octanol–water partition coefficient (Wildman–Crippen LogP) is 3.46. The van der Waals surface area contributed by atoms with Crippen molar-refractivity contribution in [2.75, 3.05) is 6.61 Å². The lowest BCUT2D eigenvalue weighted by Crippen LogP contribution is -1.91. The van der Waals surface area contributed by atoms with E-state index in [4.69, 9.17) is 21.4 Å². The van der Waals surface area contributed by atoms with Gasteiger partial charge in [0.15, 0.2) is 0 Å². The van der Waals surface area contributed by atoms with Crippen molar-refractivity contribution in [3.05, 3.63) is 56.7 Å². The predicted molar refractivity (Wildman–Crippen MR) is 78.2 cm³/mol. The van der Waals surface area contributed by atoms with Gasteiger partial charge < -0.3 is 9.84 Å². The summed E-state index contributed by atoms with van der Waals surface area (Å²) < 4.78 is 5.63. The Kier molecular flexibility index (Phi) is 5.44. The summed E-state index contributed by atoms with van der Waals surface area (Å²) in [6, 6.07) is 11.5. The SMILES string of the molecule is OCC#Cc1ccc(COCc2ccc(Cl)cc2)s1. The molecule has 0 spiro atoms. The van der Waals surface area contributed by atoms with Crippen LogP contribution in [0.5, 0.6) is 0 Å². The number of hydrogen-bond donors (Lipinski definition) is 1. The lowest BCUT2D eigenvalue weighted by molar-refractivity contribution is 0.109. The highest BCUT2D eigenvalue weighted by atomic mass is 35.5. The van der Waals surface area contributed by atoms with Crippen LogP contribution in [0.25, 0.3) is 0 Å². The Labute approximate surface area is 121 Å². The van der Waals surface area contributed by atoms with Crippen LogP contribution in [-0.2, 0) is 18.0 Å². The maximum atomic E-state index is 8.62. The molecule has 2 aromatic rings. The van der Waals surface area contributed by atoms with Gasteiger partial charge in [0.1, 0.15) is 6.61 Å². The molecule has 0 aliphatic carbocycles. The van der Waals surface area contributed by atoms with Crippen LogP contribution in [-0.4, -0.2) is 11.7 Å². The summed E-state index contributed by atoms with van der Waals surface area (Å²) in [6.45, 7) is 1.01. The topological polar surface area (TPSA) is 29.5 Å². The van der Waals surface area contributed by atoms with Gasteiger partial charge in [-0.1, -0.05) is 35.6 Å². The quantitative estimate of drug-likeness (QED) is 0.875. The molecular weight excluding hydrogens is 280 g/mol. The molecule has 0 saturated carbocycles. The largest absolute Gasteiger partial charge is 0.384 e. The second kappa shape index (κ2) is 7.32. The Morgan fingerprint density at radius 3 is 2.63 bits per heavy atom. The molecule has 0 radical (unpaired) electrons. The van der Waals surface area contributed by atoms with E-state index in [1.54, 1.807) is 11.3 Å². The average molecular weight is 293 g/mol. The van der Waals surface area contributed by atoms with Crippen molar-refractivity contribution in [1.29, 1.82) is 0 Å². The molecule has 4 heteroatoms. The van der Waals surface area contributed by atoms with Crippen molar-refractivity contribution in [3.63, 3.8) is 0 Å². The molecule has 1 N–H and O–H groups in total. The summed E-state index contributed by atoms with van der Waals surface area (Å²) >= 11 is 7.40. The van der Waals surface area contributed by atoms with Crippen molar-refractivity contribution < 1.29 is 9.84 Å². The standard InChI is InChI=1S/C15H13ClO2S/c16-13-5-3-12(4-6-13)10-18-11-15-8-7-14(19-15)2-1-9-17/h3-8,17H,9-11H2. The van der Waals surface area contributed by atoms with Crippen LogP contribution < -0.4 is 0 Å². The third-order valence-electron chi connectivity index (χ3n) is 2.38. The maximum Gasteiger partial charge on any atom is 0.104 e. The van der Waals surface area contributed by atoms with E-state index in [1.807, 2.05) is 36.4 Å². The zero-order valence-electron chi connectivity index (χ0n) is 10.2. The number of thiophene rings is 1. The molecule has 2 nitrogen and oxygen atoms in total. The Balaban J connectivity index is 1.82. The summed E-state index contributed by atoms with van der Waals surface area (Å²) in [5, 5.41) is 9.35. The van der Waals surface area contributed by atoms with E-state index in [9.17, 15) is 0 Å². The number of ether oxygens (including phenoxy) is 1. The van der Waals surface area contributed by atoms with Gasteiger partial charge in [0.2, 0.25) is 0 Å². The molecule has 0 amide bonds. The highest BCUT2D eigenvalue weighted by molar-refractivity contribution is 7.12. The summed E-state index contributed by atoms with van der Waals surface area (Å²) in [5.74, 6) is 5.51. The lowest BCUT2D eigenvalue weighted by Gasteiger charge is -2.02. The summed E-state index contributed by atoms with van der Waals surface area (Å²) in [7, 11) is 0. The summed E-state index contributed by atoms with van der Waals surface area (Å²) in [4.78, 5) is 2.07. The van der Waals surface area contributed by atoms with E-state index in [-0.39, 0.29) is 6.61 Å². The minimum atomic E-state index is -0.111. The van der Waals surface area contributed by atoms with Crippen LogP contribution >= 0.6 is 22.9 Å². The van der Waals surface area contributed by atoms with Crippen LogP contribution in [0.2, 0.25) is 5.02 Å². The van der Waals surface area contributed by atoms with Crippen molar-refractivity contribution in [2.45, 2.75) is 13.2 Å². The van der Waals surface area contributed by atoms with E-state index in [1.165, 1.54) is 0 Å². The van der Waals surface area contributed by atoms with Gasteiger partial charge in [0, 0.05) is 9.90 Å². The second-order valence-electron chi connectivity index (χ2n) is 3.85. The molecule has 0 saturated heterocycles. The molecule has 19 heavy (non-hydrogen) atoms. The number of hydrogen-bond acceptors (Lipinski definition) is 3. The smallest absolute Gasteiger partial charge is 0.104 e. The molecule has 0 aliphatic rings. The fourth-order valence-corrected chi connectivity index (χ4v) is 2.45. The number of aliphatic hydroxyl groups excluding tert-OH is 1. The number of rotatable bonds is 4. The first-order valence-corrected chi connectivity index (χ1v) is 6.98. The molecule has 1 heterocycles. The normalized spacial score (nSPS) is 10.0. The Bertz CT molecular complexity index is 578. The fraction of sp³-hybridized carbons (Fsp3) is 0.200. The molecule has 1 aromatic carbocycles. The van der Waals surface area contributed by atoms with Crippen LogP contribution in [0.4, 0.5) is 0 Å². The first-order chi connectivity index (χ1) is 9.28. The third-order valence-corrected chi connectivity index (χ3v) is 3.60. The first-order valence-electron chi connectivity index (χ1n) is 5.78. The minimum Gasteiger partial charge on any atom is -0.384 e. The van der Waals surface area contributed by atoms with Crippen LogP contribution in [0, 0.1) is 11.8 Å². The average Bonchev–Trinajstić information content (AvgIpc) is 2.87. The van der Waals surface area contributed by atoms with Gasteiger partial charge in [-0.3, -0.25) is 0 Å². The number of benzene rings is 1. The number of halogens is 1. The summed E-state index contributed by atoms with van der Waals surface area (Å²) in [5.41, 5.74) is 1.10. The fourth-order valence-electron chi connectivity index (χ4n) is 1.50. The third kappa shape index (κ3) is 4.70. The van der Waals surface area contributed by atoms with Crippen molar-refractivity contribution >= 4 is 22.9 Å². The molecular formula is C15H13ClO2S. The zero-order valence-corrected chi connectivity index (χ0v) is 11.8. The Morgan fingerprint density at radius 2 is 1.89 bits per heavy atom. The molecule has 1 aromatic heterocycles. The van der Waals surface area contributed by atoms with E-state index in [2.05, 4.69) is 11.8 Å². The highest BCUT2D eigenvalue weighted by Gasteiger charge is 1.99. The van der Waals surface area contributed by atoms with Gasteiger partial charge in [0.05, 0.1) is 18.1 Å². The molecule has 0 aliphatic heterocycles. The first kappa shape index (κ1) is 14.1. The number of aliphatic hydroxyl groups is 1. The van der Waals surface area contributed by atoms with E-state index in [0.29, 0.717) is 13.2 Å². The monoisotopic (exact) mass is 292 g/mol. The maximum absolute atomic E-state index is 8.62. The van der Waals surface area contributed by atoms with Crippen molar-refractivity contribution in [1.82, 2.24) is 0 Å². The van der Waals surface area contributed by atoms with Gasteiger partial charge in [-0.2, -0.15) is 0 Å². The highest BCUT2D eigenvalue weighted by Crippen LogP contribution is 2.17. The Hall–Kier alpha value is -1.31. The van der Waals surface area contributed by atoms with Crippen molar-refractivity contribution in [3.8, 4) is 11.8 Å². The summed E-state index contributed by atoms with van der Waals surface area (Å²) in [6.07, 6.45) is 0. The minimum absolute atomic E-state index is 0.111. The van der Waals surface area contributed by atoms with Gasteiger partial charge >= 0.3 is 0 Å². The van der Waals surface area contributed by atoms with Gasteiger partial charge in [0.25, 0.3) is 0 Å². The van der Waals surface area contributed by atoms with E-state index in [0.717, 1.165) is 20.3 Å². The second-order valence-corrected chi connectivity index (χ2v) is 5.45. The molecule has 0 fully saturated rings. The van der Waals surface area contributed by atoms with Crippen LogP contribution in [0.15, 0.2) is 36.4 Å². The van der Waals surface area contributed by atoms with Gasteiger partial charge in [-0.15, -0.1) is 11.3 Å². The van der Waals surface area contributed by atoms with E-state index >= 15 is 0 Å².